The molecule has 17 heavy (non-hydrogen) atoms. The summed E-state index contributed by atoms with van der Waals surface area (Å²) in [5, 5.41) is 9.75. The van der Waals surface area contributed by atoms with E-state index in [2.05, 4.69) is 43.1 Å². The minimum Gasteiger partial charge on any atom is -0.248 e. The van der Waals surface area contributed by atoms with E-state index in [1.807, 2.05) is 0 Å². The van der Waals surface area contributed by atoms with Crippen LogP contribution in [0, 0.1) is 25.2 Å². The maximum atomic E-state index is 8.99. The van der Waals surface area contributed by atoms with Gasteiger partial charge in [0, 0.05) is 11.1 Å². The van der Waals surface area contributed by atoms with Gasteiger partial charge < -0.3 is 0 Å². The highest BCUT2D eigenvalue weighted by Gasteiger charge is 2.05. The van der Waals surface area contributed by atoms with Gasteiger partial charge in [-0.2, -0.15) is 5.26 Å². The number of nitriles is 1. The Hall–Kier alpha value is -1.79. The Morgan fingerprint density at radius 2 is 2.00 bits per heavy atom. The van der Waals surface area contributed by atoms with Crippen LogP contribution < -0.4 is 0 Å². The maximum absolute atomic E-state index is 8.99. The van der Waals surface area contributed by atoms with Crippen LogP contribution in [0.25, 0.3) is 0 Å². The first-order valence-corrected chi connectivity index (χ1v) is 6.12. The van der Waals surface area contributed by atoms with Crippen molar-refractivity contribution in [2.75, 3.05) is 0 Å². The molecule has 0 aliphatic rings. The lowest BCUT2D eigenvalue weighted by Gasteiger charge is -2.05. The van der Waals surface area contributed by atoms with Gasteiger partial charge in [-0.1, -0.05) is 17.8 Å². The van der Waals surface area contributed by atoms with Gasteiger partial charge in [-0.15, -0.1) is 0 Å². The van der Waals surface area contributed by atoms with Gasteiger partial charge in [-0.25, -0.2) is 4.98 Å². The first-order chi connectivity index (χ1) is 8.20. The van der Waals surface area contributed by atoms with Gasteiger partial charge in [-0.3, -0.25) is 0 Å². The number of aromatic nitrogens is 1. The number of pyridine rings is 1. The Balaban J connectivity index is 2.32. The van der Waals surface area contributed by atoms with Gasteiger partial charge in [0.25, 0.3) is 0 Å². The van der Waals surface area contributed by atoms with Crippen LogP contribution in [0.1, 0.15) is 16.7 Å². The molecule has 0 bridgehead atoms. The summed E-state index contributed by atoms with van der Waals surface area (Å²) in [6.07, 6.45) is 1.71. The van der Waals surface area contributed by atoms with Crippen LogP contribution >= 0.6 is 11.8 Å². The summed E-state index contributed by atoms with van der Waals surface area (Å²) < 4.78 is 0. The first-order valence-electron chi connectivity index (χ1n) is 5.31. The van der Waals surface area contributed by atoms with Gasteiger partial charge in [0.05, 0.1) is 5.56 Å². The van der Waals surface area contributed by atoms with E-state index in [0.717, 1.165) is 9.92 Å². The van der Waals surface area contributed by atoms with E-state index < -0.39 is 0 Å². The van der Waals surface area contributed by atoms with E-state index in [4.69, 9.17) is 5.26 Å². The highest BCUT2D eigenvalue weighted by Crippen LogP contribution is 2.29. The summed E-state index contributed by atoms with van der Waals surface area (Å²) in [4.78, 5) is 5.35. The van der Waals surface area contributed by atoms with Crippen LogP contribution in [0.5, 0.6) is 0 Å². The maximum Gasteiger partial charge on any atom is 0.119 e. The molecule has 1 aromatic carbocycles. The van der Waals surface area contributed by atoms with Gasteiger partial charge in [-0.05, 0) is 49.2 Å². The Labute approximate surface area is 105 Å². The van der Waals surface area contributed by atoms with E-state index in [1.165, 1.54) is 22.9 Å². The van der Waals surface area contributed by atoms with Crippen LogP contribution in [0.15, 0.2) is 46.5 Å². The second kappa shape index (κ2) is 5.03. The lowest BCUT2D eigenvalue weighted by Crippen LogP contribution is -1.86. The molecule has 2 aromatic rings. The summed E-state index contributed by atoms with van der Waals surface area (Å²) in [7, 11) is 0. The topological polar surface area (TPSA) is 36.7 Å². The third-order valence-corrected chi connectivity index (χ3v) is 3.59. The molecule has 0 saturated carbocycles. The molecule has 0 aliphatic heterocycles. The molecule has 0 aliphatic carbocycles. The number of benzene rings is 1. The number of nitrogens with zero attached hydrogens (tertiary/aromatic N) is 2. The van der Waals surface area contributed by atoms with Crippen molar-refractivity contribution in [3.8, 4) is 6.07 Å². The van der Waals surface area contributed by atoms with Gasteiger partial charge in [0.15, 0.2) is 0 Å². The quantitative estimate of drug-likeness (QED) is 0.802. The van der Waals surface area contributed by atoms with Crippen LogP contribution in [0.2, 0.25) is 0 Å². The Bertz CT molecular complexity index is 585. The van der Waals surface area contributed by atoms with E-state index in [-0.39, 0.29) is 0 Å². The molecular formula is C14H12N2S. The number of aryl methyl sites for hydroxylation is 2. The molecule has 2 rings (SSSR count). The Kier molecular flexibility index (Phi) is 3.46. The molecular weight excluding hydrogens is 228 g/mol. The van der Waals surface area contributed by atoms with Crippen LogP contribution in [0.3, 0.4) is 0 Å². The van der Waals surface area contributed by atoms with Crippen LogP contribution in [-0.4, -0.2) is 4.98 Å². The number of hydrogen-bond acceptors (Lipinski definition) is 3. The van der Waals surface area contributed by atoms with E-state index in [1.54, 1.807) is 18.3 Å². The fourth-order valence-corrected chi connectivity index (χ4v) is 2.38. The zero-order chi connectivity index (χ0) is 12.3. The molecule has 0 fully saturated rings. The van der Waals surface area contributed by atoms with Crippen molar-refractivity contribution >= 4 is 11.8 Å². The third-order valence-electron chi connectivity index (χ3n) is 2.58. The molecule has 1 aromatic heterocycles. The number of rotatable bonds is 2. The molecule has 84 valence electrons. The summed E-state index contributed by atoms with van der Waals surface area (Å²) in [6.45, 7) is 4.17. The Morgan fingerprint density at radius 1 is 1.18 bits per heavy atom. The normalized spacial score (nSPS) is 9.94. The SMILES string of the molecule is Cc1ccc(Sc2ncccc2C#N)cc1C. The molecule has 1 heterocycles. The average molecular weight is 240 g/mol. The zero-order valence-corrected chi connectivity index (χ0v) is 10.6. The Morgan fingerprint density at radius 3 is 2.71 bits per heavy atom. The van der Waals surface area contributed by atoms with Crippen molar-refractivity contribution < 1.29 is 0 Å². The smallest absolute Gasteiger partial charge is 0.119 e. The molecule has 0 unspecified atom stereocenters. The average Bonchev–Trinajstić information content (AvgIpc) is 2.34. The fourth-order valence-electron chi connectivity index (χ4n) is 1.45. The highest BCUT2D eigenvalue weighted by atomic mass is 32.2. The van der Waals surface area contributed by atoms with Gasteiger partial charge in [0.1, 0.15) is 11.1 Å². The van der Waals surface area contributed by atoms with Crippen molar-refractivity contribution in [2.24, 2.45) is 0 Å². The standard InChI is InChI=1S/C14H12N2S/c1-10-5-6-13(8-11(10)2)17-14-12(9-15)4-3-7-16-14/h3-8H,1-2H3. The lowest BCUT2D eigenvalue weighted by atomic mass is 10.1. The molecule has 0 amide bonds. The third kappa shape index (κ3) is 2.66. The van der Waals surface area contributed by atoms with Crippen LogP contribution in [-0.2, 0) is 0 Å². The lowest BCUT2D eigenvalue weighted by molar-refractivity contribution is 1.11. The van der Waals surface area contributed by atoms with Crippen molar-refractivity contribution in [2.45, 2.75) is 23.8 Å². The second-order valence-corrected chi connectivity index (χ2v) is 4.88. The van der Waals surface area contributed by atoms with Crippen molar-refractivity contribution in [3.63, 3.8) is 0 Å². The van der Waals surface area contributed by atoms with Gasteiger partial charge in [0.2, 0.25) is 0 Å². The van der Waals surface area contributed by atoms with Crippen molar-refractivity contribution in [1.29, 1.82) is 5.26 Å². The van der Waals surface area contributed by atoms with Gasteiger partial charge >= 0.3 is 0 Å². The largest absolute Gasteiger partial charge is 0.248 e. The van der Waals surface area contributed by atoms with E-state index in [0.29, 0.717) is 5.56 Å². The summed E-state index contributed by atoms with van der Waals surface area (Å²) >= 11 is 1.53. The predicted octanol–water partition coefficient (Wildman–Crippen LogP) is 3.72. The minimum absolute atomic E-state index is 0.621. The molecule has 3 heteroatoms. The zero-order valence-electron chi connectivity index (χ0n) is 9.77. The first kappa shape index (κ1) is 11.7. The summed E-state index contributed by atoms with van der Waals surface area (Å²) in [6, 6.07) is 12.0. The molecule has 0 spiro atoms. The minimum atomic E-state index is 0.621. The van der Waals surface area contributed by atoms with Crippen LogP contribution in [0.4, 0.5) is 0 Å². The second-order valence-electron chi connectivity index (χ2n) is 3.82. The highest BCUT2D eigenvalue weighted by molar-refractivity contribution is 7.99. The van der Waals surface area contributed by atoms with E-state index in [9.17, 15) is 0 Å². The predicted molar refractivity (Wildman–Crippen MR) is 69.0 cm³/mol. The monoisotopic (exact) mass is 240 g/mol. The molecule has 0 N–H and O–H groups in total. The summed E-state index contributed by atoms with van der Waals surface area (Å²) in [5.41, 5.74) is 3.15. The molecule has 0 atom stereocenters. The molecule has 0 saturated heterocycles. The van der Waals surface area contributed by atoms with Crippen molar-refractivity contribution in [3.05, 3.63) is 53.2 Å². The number of hydrogen-bond donors (Lipinski definition) is 0. The molecule has 2 nitrogen and oxygen atoms in total. The van der Waals surface area contributed by atoms with Crippen molar-refractivity contribution in [1.82, 2.24) is 4.98 Å². The van der Waals surface area contributed by atoms with E-state index >= 15 is 0 Å². The summed E-state index contributed by atoms with van der Waals surface area (Å²) in [5.74, 6) is 0. The molecule has 0 radical (unpaired) electrons. The fraction of sp³-hybridized carbons (Fsp3) is 0.143.